The van der Waals surface area contributed by atoms with Crippen molar-refractivity contribution in [1.29, 1.82) is 0 Å². The molecule has 0 amide bonds. The number of aromatic nitrogens is 8. The summed E-state index contributed by atoms with van der Waals surface area (Å²) in [6, 6.07) is 32.3. The number of halogens is 8. The summed E-state index contributed by atoms with van der Waals surface area (Å²) in [6.45, 7) is 15.2. The van der Waals surface area contributed by atoms with E-state index in [0.29, 0.717) is 146 Å². The van der Waals surface area contributed by atoms with Crippen LogP contribution in [0.15, 0.2) is 171 Å². The van der Waals surface area contributed by atoms with Crippen LogP contribution in [-0.4, -0.2) is 152 Å². The number of Topliss-reactive ketones (excluding diaryl/α,β-unsaturated/α-hetero) is 1. The molecule has 2 fully saturated rings. The first-order chi connectivity index (χ1) is 59.2. The number of likely N-dealkylation sites (N-methyl/N-ethyl adjacent to an activating group) is 2. The number of fused-ring (bicyclic) bond motifs is 4. The molecule has 8 aromatic carbocycles. The van der Waals surface area contributed by atoms with Crippen molar-refractivity contribution in [3.63, 3.8) is 0 Å². The second kappa shape index (κ2) is 44.2. The lowest BCUT2D eigenvalue weighted by molar-refractivity contribution is -0.116. The second-order valence-corrected chi connectivity index (χ2v) is 31.9. The number of rotatable bonds is 32. The number of ketones is 3. The van der Waals surface area contributed by atoms with Crippen LogP contribution in [0, 0.1) is 23.3 Å². The van der Waals surface area contributed by atoms with Crippen LogP contribution in [0.1, 0.15) is 83.9 Å². The highest BCUT2D eigenvalue weighted by molar-refractivity contribution is 7.54. The predicted octanol–water partition coefficient (Wildman–Crippen LogP) is 20.7. The number of anilines is 9. The van der Waals surface area contributed by atoms with E-state index in [4.69, 9.17) is 80.1 Å². The minimum Gasteiger partial charge on any atom is -0.494 e. The summed E-state index contributed by atoms with van der Waals surface area (Å²) in [6.07, 6.45) is 17.5. The van der Waals surface area contributed by atoms with Gasteiger partial charge in [-0.3, -0.25) is 28.7 Å². The third kappa shape index (κ3) is 25.3. The Hall–Kier alpha value is -11.2. The molecular weight excluding hydrogens is 1690 g/mol. The Morgan fingerprint density at radius 3 is 1.02 bits per heavy atom. The number of carbonyl (C=O) groups is 3. The Bertz CT molecular complexity index is 5720. The molecule has 644 valence electrons. The van der Waals surface area contributed by atoms with Crippen LogP contribution in [0.2, 0.25) is 20.1 Å². The van der Waals surface area contributed by atoms with Gasteiger partial charge >= 0.3 is 7.60 Å². The first kappa shape index (κ1) is 92.5. The third-order valence-corrected chi connectivity index (χ3v) is 22.7. The number of hydrogen-bond donors (Lipinski definition) is 5. The van der Waals surface area contributed by atoms with E-state index in [1.807, 2.05) is 64.1 Å². The summed E-state index contributed by atoms with van der Waals surface area (Å²) < 4.78 is 99.9. The number of nitrogen functional groups attached to an aromatic ring is 1. The average Bonchev–Trinajstić information content (AvgIpc) is 1.00. The van der Waals surface area contributed by atoms with E-state index in [1.165, 1.54) is 79.9 Å². The molecule has 2 atom stereocenters. The summed E-state index contributed by atoms with van der Waals surface area (Å²) >= 11 is 23.5. The Kier molecular flexibility index (Phi) is 33.2. The highest BCUT2D eigenvalue weighted by atomic mass is 35.5. The largest absolute Gasteiger partial charge is 0.494 e. The highest BCUT2D eigenvalue weighted by Crippen LogP contribution is 2.48. The van der Waals surface area contributed by atoms with Crippen molar-refractivity contribution in [2.75, 3.05) is 100.0 Å². The van der Waals surface area contributed by atoms with Gasteiger partial charge in [-0.25, -0.2) is 57.4 Å². The van der Waals surface area contributed by atoms with Gasteiger partial charge in [-0.15, -0.1) is 0 Å². The third-order valence-electron chi connectivity index (χ3n) is 19.4. The molecule has 4 aromatic heterocycles. The zero-order valence-corrected chi connectivity index (χ0v) is 72.7. The van der Waals surface area contributed by atoms with Gasteiger partial charge in [0, 0.05) is 117 Å². The summed E-state index contributed by atoms with van der Waals surface area (Å²) in [7, 11) is 0.625. The lowest BCUT2D eigenvalue weighted by Gasteiger charge is -2.17. The lowest BCUT2D eigenvalue weighted by Crippen LogP contribution is -2.22. The smallest absolute Gasteiger partial charge is 0.338 e. The SMILES string of the molecule is CCOc1cc2ncnc(Nc3ccc(F)c(Cl)c3)c2cc1CC(=O)/C=C/[C@@H]1CCCN1C.CCOc1cc2ncnc(Nc3ccc(F)c(Cl)c3)c2cc1CC(=O)/C=C/[C@@H]1CCCN1C.CCOc1cc2ncnc(Nc3ccc(F)c(Cl)c3)c2cc1CC(=O)CP(=O)(OCC)OCC.CCOc1cc2ncnc(Nc3ccc(F)c(Cl)c3)c2cc1N. The molecule has 0 saturated carbocycles. The number of nitrogens with two attached hydrogens (primary N) is 1. The van der Waals surface area contributed by atoms with Crippen LogP contribution in [-0.2, 0) is 47.3 Å². The highest BCUT2D eigenvalue weighted by Gasteiger charge is 2.29. The molecule has 6 N–H and O–H groups in total. The standard InChI is InChI=1S/2C25H26ClFN4O2.C23H26ClFN3O5P.C16H14ClFN4O/c2*1-3-33-24-14-23-20(12-16(24)11-19(32)8-7-18-5-4-10-31(18)2)25(29-15-28-23)30-17-6-9-22(27)21(26)13-17;1-4-31-22-12-21-18(10-15(22)9-17(29)13-34(30,32-5-2)33-6-3)23(27-14-26-21)28-16-7-8-20(25)19(24)11-16;1-2-23-15-7-14-10(6-13(15)19)16(21-8-20-14)22-9-3-4-12(18)11(17)5-9/h2*6-9,12-15,18H,3-5,10-11H2,1-2H3,(H,28,29,30);7-8,10-12,14H,4-6,9,13H2,1-3H3,(H,26,27,28);3-8H,2,19H2,1H3,(H,20,21,22)/b2*8-7+;;/t2*18-;;/m00../s1. The maximum absolute atomic E-state index is 13.5. The minimum atomic E-state index is -3.53. The van der Waals surface area contributed by atoms with Gasteiger partial charge in [0.05, 0.1) is 87.5 Å². The summed E-state index contributed by atoms with van der Waals surface area (Å²) in [4.78, 5) is 77.3. The van der Waals surface area contributed by atoms with E-state index in [1.54, 1.807) is 68.5 Å². The zero-order chi connectivity index (χ0) is 87.9. The van der Waals surface area contributed by atoms with Crippen LogP contribution in [0.5, 0.6) is 23.0 Å². The van der Waals surface area contributed by atoms with E-state index in [0.717, 1.165) is 66.1 Å². The molecular formula is C89H92Cl4F4N15O10P. The van der Waals surface area contributed by atoms with E-state index in [9.17, 15) is 36.5 Å². The van der Waals surface area contributed by atoms with Crippen molar-refractivity contribution in [3.8, 4) is 23.0 Å². The number of nitrogens with one attached hydrogen (secondary N) is 4. The van der Waals surface area contributed by atoms with Crippen LogP contribution < -0.4 is 45.9 Å². The number of nitrogens with zero attached hydrogens (tertiary/aromatic N) is 10. The second-order valence-electron chi connectivity index (χ2n) is 28.2. The fourth-order valence-corrected chi connectivity index (χ4v) is 15.9. The molecule has 25 nitrogen and oxygen atoms in total. The molecule has 0 spiro atoms. The van der Waals surface area contributed by atoms with Crippen molar-refractivity contribution in [2.24, 2.45) is 0 Å². The van der Waals surface area contributed by atoms with Crippen molar-refractivity contribution < 1.29 is 64.5 Å². The fraction of sp³-hybridized carbons (Fsp3) is 0.292. The molecule has 0 radical (unpaired) electrons. The normalized spacial score (nSPS) is 14.1. The zero-order valence-electron chi connectivity index (χ0n) is 68.7. The molecule has 6 heterocycles. The predicted molar refractivity (Wildman–Crippen MR) is 477 cm³/mol. The molecule has 34 heteroatoms. The van der Waals surface area contributed by atoms with Crippen LogP contribution in [0.25, 0.3) is 43.6 Å². The first-order valence-corrected chi connectivity index (χ1v) is 43.0. The van der Waals surface area contributed by atoms with Crippen molar-refractivity contribution >= 4 is 167 Å². The number of allylic oxidation sites excluding steroid dienone is 2. The van der Waals surface area contributed by atoms with E-state index >= 15 is 0 Å². The van der Waals surface area contributed by atoms with Gasteiger partial charge in [0.1, 0.15) is 107 Å². The Labute approximate surface area is 729 Å². The maximum Gasteiger partial charge on any atom is 0.338 e. The minimum absolute atomic E-state index is 0.00674. The van der Waals surface area contributed by atoms with Gasteiger partial charge in [-0.1, -0.05) is 58.6 Å². The molecule has 2 aliphatic heterocycles. The van der Waals surface area contributed by atoms with E-state index in [2.05, 4.69) is 85.0 Å². The molecule has 2 aliphatic rings. The Morgan fingerprint density at radius 1 is 0.431 bits per heavy atom. The number of carbonyl (C=O) groups excluding carboxylic acids is 3. The summed E-state index contributed by atoms with van der Waals surface area (Å²) in [5, 5.41) is 15.4. The Morgan fingerprint density at radius 2 is 0.732 bits per heavy atom. The lowest BCUT2D eigenvalue weighted by atomic mass is 10.0. The van der Waals surface area contributed by atoms with Crippen molar-refractivity contribution in [3.05, 3.63) is 231 Å². The van der Waals surface area contributed by atoms with Crippen LogP contribution in [0.4, 0.5) is 69.3 Å². The molecule has 0 bridgehead atoms. The number of ether oxygens (including phenoxy) is 4. The van der Waals surface area contributed by atoms with Crippen molar-refractivity contribution in [1.82, 2.24) is 49.7 Å². The topological polar surface area (TPSA) is 307 Å². The quantitative estimate of drug-likeness (QED) is 0.0113. The number of hydrogen-bond acceptors (Lipinski definition) is 25. The number of likely N-dealkylation sites (tertiary alicyclic amines) is 2. The van der Waals surface area contributed by atoms with Gasteiger partial charge in [0.2, 0.25) is 0 Å². The van der Waals surface area contributed by atoms with Gasteiger partial charge in [-0.2, -0.15) is 0 Å². The summed E-state index contributed by atoms with van der Waals surface area (Å²) in [5.41, 5.74) is 13.5. The maximum atomic E-state index is 13.5. The van der Waals surface area contributed by atoms with E-state index in [-0.39, 0.29) is 76.1 Å². The average molecular weight is 1780 g/mol. The molecule has 123 heavy (non-hydrogen) atoms. The number of benzene rings is 8. The van der Waals surface area contributed by atoms with Gasteiger partial charge in [0.25, 0.3) is 0 Å². The summed E-state index contributed by atoms with van der Waals surface area (Å²) in [5.74, 6) is 2.07. The van der Waals surface area contributed by atoms with Crippen LogP contribution >= 0.6 is 54.0 Å². The van der Waals surface area contributed by atoms with Gasteiger partial charge in [0.15, 0.2) is 11.6 Å². The van der Waals surface area contributed by atoms with E-state index < -0.39 is 30.9 Å². The van der Waals surface area contributed by atoms with Crippen LogP contribution in [0.3, 0.4) is 0 Å². The molecule has 2 saturated heterocycles. The molecule has 0 aliphatic carbocycles. The molecule has 0 unspecified atom stereocenters. The monoisotopic (exact) mass is 1780 g/mol. The first-order valence-electron chi connectivity index (χ1n) is 39.7. The van der Waals surface area contributed by atoms with Gasteiger partial charge < -0.3 is 55.0 Å². The Balaban J connectivity index is 0.000000161. The molecule has 14 rings (SSSR count). The van der Waals surface area contributed by atoms with Crippen molar-refractivity contribution in [2.45, 2.75) is 98.6 Å². The van der Waals surface area contributed by atoms with Gasteiger partial charge in [-0.05, 0) is 204 Å². The fourth-order valence-electron chi connectivity index (χ4n) is 13.6. The molecule has 12 aromatic rings.